The fraction of sp³-hybridized carbons (Fsp3) is 0.700. The van der Waals surface area contributed by atoms with E-state index in [-0.39, 0.29) is 0 Å². The molecule has 3 nitrogen and oxygen atoms in total. The highest BCUT2D eigenvalue weighted by atomic mass is 28.3. The number of hydrogen-bond donors (Lipinski definition) is 0. The van der Waals surface area contributed by atoms with Gasteiger partial charge in [0.1, 0.15) is 0 Å². The summed E-state index contributed by atoms with van der Waals surface area (Å²) in [7, 11) is -1.30. The van der Waals surface area contributed by atoms with Crippen LogP contribution in [0.15, 0.2) is 12.4 Å². The molecule has 0 N–H and O–H groups in total. The van der Waals surface area contributed by atoms with E-state index in [1.165, 1.54) is 5.69 Å². The summed E-state index contributed by atoms with van der Waals surface area (Å²) >= 11 is 0. The lowest BCUT2D eigenvalue weighted by Crippen LogP contribution is -2.32. The lowest BCUT2D eigenvalue weighted by atomic mass is 10.4. The van der Waals surface area contributed by atoms with Crippen LogP contribution in [0.5, 0.6) is 0 Å². The van der Waals surface area contributed by atoms with Gasteiger partial charge in [0.25, 0.3) is 0 Å². The summed E-state index contributed by atoms with van der Waals surface area (Å²) in [6.07, 6.45) is 4.16. The number of nitrogens with zero attached hydrogens (tertiary/aromatic N) is 3. The minimum atomic E-state index is -1.30. The highest BCUT2D eigenvalue weighted by Crippen LogP contribution is 2.15. The molecular weight excluding hydrogens is 190 g/mol. The molecule has 80 valence electrons. The van der Waals surface area contributed by atoms with Gasteiger partial charge in [-0.05, 0) is 33.5 Å². The van der Waals surface area contributed by atoms with E-state index < -0.39 is 8.24 Å². The zero-order chi connectivity index (χ0) is 10.8. The van der Waals surface area contributed by atoms with Gasteiger partial charge in [0.05, 0.1) is 11.9 Å². The van der Waals surface area contributed by atoms with Crippen LogP contribution >= 0.6 is 0 Å². The predicted molar refractivity (Wildman–Crippen MR) is 64.5 cm³/mol. The molecule has 0 aromatic carbocycles. The molecule has 1 rings (SSSR count). The van der Waals surface area contributed by atoms with E-state index >= 15 is 0 Å². The number of hydrogen-bond acceptors (Lipinski definition) is 2. The van der Waals surface area contributed by atoms with Gasteiger partial charge in [-0.25, -0.2) is 0 Å². The van der Waals surface area contributed by atoms with Gasteiger partial charge in [0.15, 0.2) is 8.24 Å². The van der Waals surface area contributed by atoms with Gasteiger partial charge in [0, 0.05) is 19.3 Å². The Morgan fingerprint density at radius 1 is 1.29 bits per heavy atom. The Morgan fingerprint density at radius 2 is 1.86 bits per heavy atom. The third-order valence-corrected chi connectivity index (χ3v) is 4.00. The zero-order valence-corrected chi connectivity index (χ0v) is 10.9. The molecule has 0 atom stereocenters. The van der Waals surface area contributed by atoms with Crippen molar-refractivity contribution < 1.29 is 0 Å². The SMILES string of the molecule is CCN(CC)c1cnn([Si](C)(C)C)c1. The second-order valence-corrected chi connectivity index (χ2v) is 9.29. The Balaban J connectivity index is 2.87. The van der Waals surface area contributed by atoms with E-state index in [0.717, 1.165) is 13.1 Å². The second-order valence-electron chi connectivity index (χ2n) is 4.49. The van der Waals surface area contributed by atoms with Crippen molar-refractivity contribution in [3.63, 3.8) is 0 Å². The summed E-state index contributed by atoms with van der Waals surface area (Å²) in [5.41, 5.74) is 1.25. The highest BCUT2D eigenvalue weighted by molar-refractivity contribution is 6.74. The molecule has 0 saturated heterocycles. The molecule has 0 bridgehead atoms. The van der Waals surface area contributed by atoms with Crippen LogP contribution in [0.3, 0.4) is 0 Å². The van der Waals surface area contributed by atoms with Crippen molar-refractivity contribution in [1.82, 2.24) is 9.45 Å². The number of aromatic nitrogens is 2. The van der Waals surface area contributed by atoms with Crippen LogP contribution in [0.25, 0.3) is 0 Å². The Bertz CT molecular complexity index is 284. The minimum Gasteiger partial charge on any atom is -0.370 e. The fourth-order valence-electron chi connectivity index (χ4n) is 1.43. The maximum absolute atomic E-state index is 4.44. The molecule has 0 aliphatic carbocycles. The molecule has 0 spiro atoms. The first-order chi connectivity index (χ1) is 6.49. The van der Waals surface area contributed by atoms with E-state index in [1.54, 1.807) is 0 Å². The summed E-state index contributed by atoms with van der Waals surface area (Å²) in [5, 5.41) is 4.44. The predicted octanol–water partition coefficient (Wildman–Crippen LogP) is 2.41. The van der Waals surface area contributed by atoms with E-state index in [4.69, 9.17) is 0 Å². The Morgan fingerprint density at radius 3 is 2.21 bits per heavy atom. The average molecular weight is 211 g/mol. The molecular formula is C10H21N3Si. The van der Waals surface area contributed by atoms with E-state index in [9.17, 15) is 0 Å². The van der Waals surface area contributed by atoms with Gasteiger partial charge in [0.2, 0.25) is 0 Å². The molecule has 0 unspecified atom stereocenters. The smallest absolute Gasteiger partial charge is 0.176 e. The maximum atomic E-state index is 4.44. The van der Waals surface area contributed by atoms with Crippen LogP contribution < -0.4 is 4.90 Å². The first-order valence-corrected chi connectivity index (χ1v) is 8.73. The van der Waals surface area contributed by atoms with Crippen molar-refractivity contribution >= 4 is 13.9 Å². The monoisotopic (exact) mass is 211 g/mol. The van der Waals surface area contributed by atoms with Crippen LogP contribution in [-0.2, 0) is 0 Å². The molecule has 0 aliphatic heterocycles. The lowest BCUT2D eigenvalue weighted by molar-refractivity contribution is 0.866. The summed E-state index contributed by atoms with van der Waals surface area (Å²) in [6.45, 7) is 13.3. The molecule has 1 heterocycles. The molecule has 0 amide bonds. The third-order valence-electron chi connectivity index (χ3n) is 2.38. The topological polar surface area (TPSA) is 21.1 Å². The second kappa shape index (κ2) is 4.17. The van der Waals surface area contributed by atoms with Gasteiger partial charge in [-0.3, -0.25) is 4.35 Å². The molecule has 0 saturated carbocycles. The lowest BCUT2D eigenvalue weighted by Gasteiger charge is -2.19. The number of anilines is 1. The van der Waals surface area contributed by atoms with Crippen molar-refractivity contribution in [2.45, 2.75) is 33.5 Å². The minimum absolute atomic E-state index is 1.05. The molecule has 4 heteroatoms. The summed E-state index contributed by atoms with van der Waals surface area (Å²) in [4.78, 5) is 2.32. The third kappa shape index (κ3) is 2.38. The fourth-order valence-corrected chi connectivity index (χ4v) is 2.36. The van der Waals surface area contributed by atoms with Crippen LogP contribution in [-0.4, -0.2) is 30.8 Å². The molecule has 14 heavy (non-hydrogen) atoms. The number of rotatable bonds is 4. The van der Waals surface area contributed by atoms with Crippen LogP contribution in [0.2, 0.25) is 19.6 Å². The Kier molecular flexibility index (Phi) is 3.37. The Labute approximate surface area is 87.8 Å². The summed E-state index contributed by atoms with van der Waals surface area (Å²) in [6, 6.07) is 0. The van der Waals surface area contributed by atoms with Crippen molar-refractivity contribution in [2.24, 2.45) is 0 Å². The van der Waals surface area contributed by atoms with Crippen molar-refractivity contribution in [3.05, 3.63) is 12.4 Å². The first kappa shape index (κ1) is 11.3. The molecule has 0 radical (unpaired) electrons. The zero-order valence-electron chi connectivity index (χ0n) is 9.91. The van der Waals surface area contributed by atoms with E-state index in [1.807, 2.05) is 6.20 Å². The van der Waals surface area contributed by atoms with Gasteiger partial charge in [-0.1, -0.05) is 0 Å². The van der Waals surface area contributed by atoms with Gasteiger partial charge < -0.3 is 4.90 Å². The molecule has 0 aliphatic rings. The van der Waals surface area contributed by atoms with Gasteiger partial charge >= 0.3 is 0 Å². The van der Waals surface area contributed by atoms with Crippen LogP contribution in [0.1, 0.15) is 13.8 Å². The van der Waals surface area contributed by atoms with E-state index in [2.05, 4.69) is 54.0 Å². The van der Waals surface area contributed by atoms with Gasteiger partial charge in [-0.2, -0.15) is 5.10 Å². The van der Waals surface area contributed by atoms with Gasteiger partial charge in [-0.15, -0.1) is 0 Å². The Hall–Kier alpha value is -0.773. The van der Waals surface area contributed by atoms with Crippen LogP contribution in [0.4, 0.5) is 5.69 Å². The largest absolute Gasteiger partial charge is 0.370 e. The quantitative estimate of drug-likeness (QED) is 0.713. The van der Waals surface area contributed by atoms with Crippen molar-refractivity contribution in [2.75, 3.05) is 18.0 Å². The summed E-state index contributed by atoms with van der Waals surface area (Å²) < 4.78 is 2.15. The standard InChI is InChI=1S/C10H21N3Si/c1-6-12(7-2)10-8-11-13(9-10)14(3,4)5/h8-9H,6-7H2,1-5H3. The maximum Gasteiger partial charge on any atom is 0.176 e. The first-order valence-electron chi connectivity index (χ1n) is 5.29. The average Bonchev–Trinajstić information content (AvgIpc) is 2.54. The van der Waals surface area contributed by atoms with Crippen LogP contribution in [0, 0.1) is 0 Å². The molecule has 1 aromatic rings. The normalized spacial score (nSPS) is 11.8. The van der Waals surface area contributed by atoms with Crippen molar-refractivity contribution in [1.29, 1.82) is 0 Å². The van der Waals surface area contributed by atoms with Crippen molar-refractivity contribution in [3.8, 4) is 0 Å². The highest BCUT2D eigenvalue weighted by Gasteiger charge is 2.18. The molecule has 1 aromatic heterocycles. The molecule has 0 fully saturated rings. The summed E-state index contributed by atoms with van der Waals surface area (Å²) in [5.74, 6) is 0. The van der Waals surface area contributed by atoms with E-state index in [0.29, 0.717) is 0 Å².